The van der Waals surface area contributed by atoms with Crippen LogP contribution in [0.25, 0.3) is 0 Å². The van der Waals surface area contributed by atoms with Gasteiger partial charge in [0.15, 0.2) is 0 Å². The Hall–Kier alpha value is -0.890. The van der Waals surface area contributed by atoms with E-state index in [-0.39, 0.29) is 0 Å². The fourth-order valence-electron chi connectivity index (χ4n) is 2.93. The van der Waals surface area contributed by atoms with E-state index in [1.807, 2.05) is 12.4 Å². The van der Waals surface area contributed by atoms with E-state index in [0.717, 1.165) is 18.4 Å². The standard InChI is InChI=1S/C15H24N2/c1-11-4-5-15(13(3)6-11)17-10-14-7-12(2)8-16-9-14/h7-9,11,13,15,17H,4-6,10H2,1-3H3. The molecule has 0 spiro atoms. The quantitative estimate of drug-likeness (QED) is 0.865. The topological polar surface area (TPSA) is 24.9 Å². The molecule has 94 valence electrons. The largest absolute Gasteiger partial charge is 0.310 e. The molecule has 2 rings (SSSR count). The second-order valence-electron chi connectivity index (χ2n) is 5.75. The zero-order valence-electron chi connectivity index (χ0n) is 11.2. The molecule has 0 radical (unpaired) electrons. The molecule has 1 fully saturated rings. The minimum Gasteiger partial charge on any atom is -0.310 e. The summed E-state index contributed by atoms with van der Waals surface area (Å²) in [4.78, 5) is 4.24. The van der Waals surface area contributed by atoms with Crippen LogP contribution in [0.15, 0.2) is 18.5 Å². The molecule has 3 unspecified atom stereocenters. The molecule has 2 heteroatoms. The van der Waals surface area contributed by atoms with Gasteiger partial charge in [0.1, 0.15) is 0 Å². The highest BCUT2D eigenvalue weighted by Crippen LogP contribution is 2.28. The van der Waals surface area contributed by atoms with Crippen molar-refractivity contribution in [3.63, 3.8) is 0 Å². The van der Waals surface area contributed by atoms with Crippen LogP contribution in [-0.4, -0.2) is 11.0 Å². The van der Waals surface area contributed by atoms with Gasteiger partial charge in [-0.2, -0.15) is 0 Å². The van der Waals surface area contributed by atoms with Crippen LogP contribution < -0.4 is 5.32 Å². The van der Waals surface area contributed by atoms with Crippen molar-refractivity contribution in [3.05, 3.63) is 29.6 Å². The van der Waals surface area contributed by atoms with Crippen molar-refractivity contribution in [3.8, 4) is 0 Å². The third-order valence-electron chi connectivity index (χ3n) is 3.93. The van der Waals surface area contributed by atoms with Crippen LogP contribution in [0.5, 0.6) is 0 Å². The lowest BCUT2D eigenvalue weighted by Gasteiger charge is -2.33. The van der Waals surface area contributed by atoms with Crippen LogP contribution in [-0.2, 0) is 6.54 Å². The molecular weight excluding hydrogens is 208 g/mol. The number of rotatable bonds is 3. The van der Waals surface area contributed by atoms with Crippen LogP contribution in [0.3, 0.4) is 0 Å². The van der Waals surface area contributed by atoms with Gasteiger partial charge in [0, 0.05) is 25.0 Å². The fraction of sp³-hybridized carbons (Fsp3) is 0.667. The summed E-state index contributed by atoms with van der Waals surface area (Å²) in [6.07, 6.45) is 7.93. The molecular formula is C15H24N2. The average Bonchev–Trinajstić information content (AvgIpc) is 2.28. The highest BCUT2D eigenvalue weighted by molar-refractivity contribution is 5.16. The highest BCUT2D eigenvalue weighted by Gasteiger charge is 2.24. The Morgan fingerprint density at radius 2 is 2.12 bits per heavy atom. The van der Waals surface area contributed by atoms with Gasteiger partial charge in [0.2, 0.25) is 0 Å². The summed E-state index contributed by atoms with van der Waals surface area (Å²) in [5, 5.41) is 3.70. The highest BCUT2D eigenvalue weighted by atomic mass is 14.9. The van der Waals surface area contributed by atoms with Crippen molar-refractivity contribution in [2.24, 2.45) is 11.8 Å². The number of hydrogen-bond donors (Lipinski definition) is 1. The predicted octanol–water partition coefficient (Wildman–Crippen LogP) is 3.30. The van der Waals surface area contributed by atoms with Crippen molar-refractivity contribution >= 4 is 0 Å². The lowest BCUT2D eigenvalue weighted by Crippen LogP contribution is -2.38. The van der Waals surface area contributed by atoms with Crippen molar-refractivity contribution in [1.29, 1.82) is 0 Å². The van der Waals surface area contributed by atoms with Gasteiger partial charge in [0.05, 0.1) is 0 Å². The molecule has 1 aromatic rings. The summed E-state index contributed by atoms with van der Waals surface area (Å²) in [6.45, 7) is 7.80. The smallest absolute Gasteiger partial charge is 0.0313 e. The van der Waals surface area contributed by atoms with Crippen molar-refractivity contribution in [2.75, 3.05) is 0 Å². The molecule has 0 saturated heterocycles. The number of nitrogens with zero attached hydrogens (tertiary/aromatic N) is 1. The molecule has 3 atom stereocenters. The summed E-state index contributed by atoms with van der Waals surface area (Å²) < 4.78 is 0. The molecule has 0 aliphatic heterocycles. The molecule has 1 aromatic heterocycles. The van der Waals surface area contributed by atoms with E-state index in [0.29, 0.717) is 6.04 Å². The maximum atomic E-state index is 4.24. The first-order chi connectivity index (χ1) is 8.15. The lowest BCUT2D eigenvalue weighted by molar-refractivity contribution is 0.227. The van der Waals surface area contributed by atoms with Gasteiger partial charge in [-0.3, -0.25) is 4.98 Å². The molecule has 0 aromatic carbocycles. The maximum Gasteiger partial charge on any atom is 0.0313 e. The van der Waals surface area contributed by atoms with Gasteiger partial charge in [-0.1, -0.05) is 19.9 Å². The Bertz CT molecular complexity index is 362. The van der Waals surface area contributed by atoms with Crippen LogP contribution in [0.2, 0.25) is 0 Å². The summed E-state index contributed by atoms with van der Waals surface area (Å²) in [5.41, 5.74) is 2.55. The summed E-state index contributed by atoms with van der Waals surface area (Å²) in [6, 6.07) is 2.91. The third kappa shape index (κ3) is 3.53. The molecule has 1 N–H and O–H groups in total. The molecule has 0 bridgehead atoms. The molecule has 1 heterocycles. The van der Waals surface area contributed by atoms with Crippen molar-refractivity contribution < 1.29 is 0 Å². The van der Waals surface area contributed by atoms with E-state index in [4.69, 9.17) is 0 Å². The van der Waals surface area contributed by atoms with Crippen LogP contribution in [0, 0.1) is 18.8 Å². The minimum atomic E-state index is 0.687. The Morgan fingerprint density at radius 3 is 2.82 bits per heavy atom. The molecule has 2 nitrogen and oxygen atoms in total. The van der Waals surface area contributed by atoms with Gasteiger partial charge in [-0.05, 0) is 49.1 Å². The maximum absolute atomic E-state index is 4.24. The predicted molar refractivity (Wildman–Crippen MR) is 71.8 cm³/mol. The van der Waals surface area contributed by atoms with Crippen LogP contribution in [0.4, 0.5) is 0 Å². The van der Waals surface area contributed by atoms with Crippen LogP contribution in [0.1, 0.15) is 44.2 Å². The lowest BCUT2D eigenvalue weighted by atomic mass is 9.80. The zero-order chi connectivity index (χ0) is 12.3. The van der Waals surface area contributed by atoms with Gasteiger partial charge in [-0.15, -0.1) is 0 Å². The van der Waals surface area contributed by atoms with Crippen molar-refractivity contribution in [1.82, 2.24) is 10.3 Å². The number of aromatic nitrogens is 1. The third-order valence-corrected chi connectivity index (χ3v) is 3.93. The molecule has 1 aliphatic rings. The monoisotopic (exact) mass is 232 g/mol. The Kier molecular flexibility index (Phi) is 4.16. The number of pyridine rings is 1. The molecule has 1 saturated carbocycles. The Morgan fingerprint density at radius 1 is 1.29 bits per heavy atom. The van der Waals surface area contributed by atoms with Gasteiger partial charge in [-0.25, -0.2) is 0 Å². The second kappa shape index (κ2) is 5.63. The van der Waals surface area contributed by atoms with E-state index >= 15 is 0 Å². The van der Waals surface area contributed by atoms with E-state index in [2.05, 4.69) is 37.1 Å². The summed E-state index contributed by atoms with van der Waals surface area (Å²) >= 11 is 0. The van der Waals surface area contributed by atoms with E-state index in [1.165, 1.54) is 30.4 Å². The Balaban J connectivity index is 1.86. The normalized spacial score (nSPS) is 29.2. The van der Waals surface area contributed by atoms with Gasteiger partial charge >= 0.3 is 0 Å². The first-order valence-corrected chi connectivity index (χ1v) is 6.79. The zero-order valence-corrected chi connectivity index (χ0v) is 11.2. The average molecular weight is 232 g/mol. The number of aryl methyl sites for hydroxylation is 1. The minimum absolute atomic E-state index is 0.687. The summed E-state index contributed by atoms with van der Waals surface area (Å²) in [5.74, 6) is 1.71. The first-order valence-electron chi connectivity index (χ1n) is 6.79. The fourth-order valence-corrected chi connectivity index (χ4v) is 2.93. The molecule has 0 amide bonds. The SMILES string of the molecule is Cc1cncc(CNC2CCC(C)CC2C)c1. The molecule has 1 aliphatic carbocycles. The van der Waals surface area contributed by atoms with E-state index in [1.54, 1.807) is 0 Å². The van der Waals surface area contributed by atoms with Gasteiger partial charge in [0.25, 0.3) is 0 Å². The van der Waals surface area contributed by atoms with E-state index in [9.17, 15) is 0 Å². The number of hydrogen-bond acceptors (Lipinski definition) is 2. The second-order valence-corrected chi connectivity index (χ2v) is 5.75. The Labute approximate surface area is 105 Å². The summed E-state index contributed by atoms with van der Waals surface area (Å²) in [7, 11) is 0. The first kappa shape index (κ1) is 12.6. The van der Waals surface area contributed by atoms with Crippen molar-refractivity contribution in [2.45, 2.75) is 52.6 Å². The number of nitrogens with one attached hydrogen (secondary N) is 1. The van der Waals surface area contributed by atoms with Gasteiger partial charge < -0.3 is 5.32 Å². The molecule has 17 heavy (non-hydrogen) atoms. The van der Waals surface area contributed by atoms with Crippen LogP contribution >= 0.6 is 0 Å². The van der Waals surface area contributed by atoms with E-state index < -0.39 is 0 Å².